The molecule has 0 radical (unpaired) electrons. The largest absolute Gasteiger partial charge is 0.497 e. The second-order valence-corrected chi connectivity index (χ2v) is 9.22. The lowest BCUT2D eigenvalue weighted by Crippen LogP contribution is -2.45. The van der Waals surface area contributed by atoms with E-state index in [9.17, 15) is 9.59 Å². The van der Waals surface area contributed by atoms with Crippen LogP contribution in [0.2, 0.25) is 0 Å². The zero-order valence-electron chi connectivity index (χ0n) is 19.4. The number of ether oxygens (including phenoxy) is 2. The minimum atomic E-state index is -0.925. The van der Waals surface area contributed by atoms with Gasteiger partial charge in [-0.2, -0.15) is 0 Å². The van der Waals surface area contributed by atoms with Gasteiger partial charge in [-0.25, -0.2) is 0 Å². The van der Waals surface area contributed by atoms with Gasteiger partial charge in [0, 0.05) is 24.9 Å². The van der Waals surface area contributed by atoms with Crippen molar-refractivity contribution in [3.05, 3.63) is 53.1 Å². The summed E-state index contributed by atoms with van der Waals surface area (Å²) in [4.78, 5) is 30.5. The average molecular weight is 479 g/mol. The van der Waals surface area contributed by atoms with Gasteiger partial charge >= 0.3 is 5.97 Å². The Hall–Kier alpha value is -2.22. The summed E-state index contributed by atoms with van der Waals surface area (Å²) in [6.07, 6.45) is -0.925. The highest BCUT2D eigenvalue weighted by atomic mass is 35.5. The minimum Gasteiger partial charge on any atom is -0.497 e. The maximum atomic E-state index is 13.8. The molecule has 2 aromatic carbocycles. The molecule has 0 saturated carbocycles. The first-order valence-corrected chi connectivity index (χ1v) is 11.1. The Morgan fingerprint density at radius 1 is 1.12 bits per heavy atom. The number of hydrogen-bond acceptors (Lipinski definition) is 6. The Kier molecular flexibility index (Phi) is 9.01. The summed E-state index contributed by atoms with van der Waals surface area (Å²) in [5, 5.41) is -0.368. The maximum Gasteiger partial charge on any atom is 0.303 e. The van der Waals surface area contributed by atoms with Crippen molar-refractivity contribution >= 4 is 41.7 Å². The Labute approximate surface area is 200 Å². The molecule has 32 heavy (non-hydrogen) atoms. The molecule has 1 heterocycles. The highest BCUT2D eigenvalue weighted by Crippen LogP contribution is 2.47. The molecule has 0 aromatic heterocycles. The first-order valence-electron chi connectivity index (χ1n) is 10.3. The molecule has 0 spiro atoms. The Balaban J connectivity index is 0.00000363. The number of rotatable bonds is 6. The molecule has 2 aromatic rings. The molecule has 1 aliphatic heterocycles. The fraction of sp³-hybridized carbons (Fsp3) is 0.417. The normalized spacial score (nSPS) is 18.0. The van der Waals surface area contributed by atoms with Crippen molar-refractivity contribution in [2.45, 2.75) is 37.0 Å². The molecule has 3 rings (SSSR count). The maximum absolute atomic E-state index is 13.8. The van der Waals surface area contributed by atoms with Crippen LogP contribution in [0.15, 0.2) is 41.3 Å². The third-order valence-electron chi connectivity index (χ3n) is 5.41. The monoisotopic (exact) mass is 478 g/mol. The predicted molar refractivity (Wildman–Crippen MR) is 131 cm³/mol. The number of benzene rings is 2. The number of nitrogens with zero attached hydrogens (tertiary/aromatic N) is 2. The summed E-state index contributed by atoms with van der Waals surface area (Å²) in [5.41, 5.74) is 4.05. The molecule has 0 aliphatic carbocycles. The van der Waals surface area contributed by atoms with Crippen LogP contribution in [0.3, 0.4) is 0 Å². The first kappa shape index (κ1) is 26.0. The van der Waals surface area contributed by atoms with E-state index in [1.54, 1.807) is 23.8 Å². The zero-order valence-corrected chi connectivity index (χ0v) is 21.0. The van der Waals surface area contributed by atoms with Gasteiger partial charge in [0.1, 0.15) is 5.75 Å². The topological polar surface area (TPSA) is 59.1 Å². The minimum absolute atomic E-state index is 0. The number of carbonyl (C=O) groups excluding carboxylic acids is 2. The summed E-state index contributed by atoms with van der Waals surface area (Å²) in [6, 6.07) is 11.8. The fourth-order valence-corrected chi connectivity index (χ4v) is 4.94. The van der Waals surface area contributed by atoms with Gasteiger partial charge < -0.3 is 19.3 Å². The number of aryl methyl sites for hydroxylation is 2. The Bertz CT molecular complexity index is 965. The van der Waals surface area contributed by atoms with E-state index < -0.39 is 12.1 Å². The standard InChI is InChI=1S/C24H30N2O4S.ClH/c1-15-13-20-21(14-16(15)2)31-23(18-7-9-19(29-6)10-8-18)22(30-17(3)27)24(28)26(20)12-11-25(4)5;/h7-10,13-14,22-23H,11-12H2,1-6H3;1H/t22-,23+;/m1./s1. The van der Waals surface area contributed by atoms with Crippen LogP contribution in [0.1, 0.15) is 28.9 Å². The van der Waals surface area contributed by atoms with Crippen LogP contribution in [-0.2, 0) is 14.3 Å². The summed E-state index contributed by atoms with van der Waals surface area (Å²) in [5.74, 6) is 0.0629. The number of fused-ring (bicyclic) bond motifs is 1. The molecule has 0 N–H and O–H groups in total. The van der Waals surface area contributed by atoms with Gasteiger partial charge in [-0.05, 0) is 68.9 Å². The second kappa shape index (κ2) is 11.1. The van der Waals surface area contributed by atoms with E-state index in [-0.39, 0.29) is 23.6 Å². The van der Waals surface area contributed by atoms with E-state index in [0.717, 1.165) is 33.0 Å². The Morgan fingerprint density at radius 2 is 1.75 bits per heavy atom. The van der Waals surface area contributed by atoms with Crippen LogP contribution in [0, 0.1) is 13.8 Å². The molecule has 0 bridgehead atoms. The van der Waals surface area contributed by atoms with Crippen molar-refractivity contribution in [2.24, 2.45) is 0 Å². The number of likely N-dealkylation sites (N-methyl/N-ethyl adjacent to an activating group) is 1. The van der Waals surface area contributed by atoms with E-state index in [2.05, 4.69) is 19.1 Å². The van der Waals surface area contributed by atoms with E-state index in [0.29, 0.717) is 13.1 Å². The molecular formula is C24H31ClN2O4S. The molecule has 2 atom stereocenters. The van der Waals surface area contributed by atoms with Crippen LogP contribution in [-0.4, -0.2) is 57.2 Å². The molecule has 0 unspecified atom stereocenters. The lowest BCUT2D eigenvalue weighted by Gasteiger charge is -2.28. The van der Waals surface area contributed by atoms with E-state index in [1.807, 2.05) is 50.2 Å². The van der Waals surface area contributed by atoms with Crippen LogP contribution in [0.25, 0.3) is 0 Å². The van der Waals surface area contributed by atoms with Gasteiger partial charge in [-0.15, -0.1) is 24.2 Å². The summed E-state index contributed by atoms with van der Waals surface area (Å²) >= 11 is 1.56. The molecule has 0 fully saturated rings. The number of methoxy groups -OCH3 is 1. The van der Waals surface area contributed by atoms with Crippen LogP contribution in [0.4, 0.5) is 5.69 Å². The smallest absolute Gasteiger partial charge is 0.303 e. The predicted octanol–water partition coefficient (Wildman–Crippen LogP) is 4.41. The van der Waals surface area contributed by atoms with Gasteiger partial charge in [0.2, 0.25) is 0 Å². The Morgan fingerprint density at radius 3 is 2.31 bits per heavy atom. The molecule has 6 nitrogen and oxygen atoms in total. The van der Waals surface area contributed by atoms with Crippen LogP contribution in [0.5, 0.6) is 5.75 Å². The quantitative estimate of drug-likeness (QED) is 0.573. The second-order valence-electron chi connectivity index (χ2n) is 8.04. The molecule has 8 heteroatoms. The third kappa shape index (κ3) is 5.77. The molecule has 1 aliphatic rings. The van der Waals surface area contributed by atoms with Gasteiger partial charge in [0.05, 0.1) is 18.0 Å². The number of amides is 1. The molecule has 1 amide bonds. The lowest BCUT2D eigenvalue weighted by molar-refractivity contribution is -0.152. The summed E-state index contributed by atoms with van der Waals surface area (Å²) in [6.45, 7) is 6.67. The third-order valence-corrected chi connectivity index (χ3v) is 6.77. The van der Waals surface area contributed by atoms with Crippen molar-refractivity contribution in [2.75, 3.05) is 39.2 Å². The number of carbonyl (C=O) groups is 2. The van der Waals surface area contributed by atoms with E-state index >= 15 is 0 Å². The van der Waals surface area contributed by atoms with Crippen molar-refractivity contribution < 1.29 is 19.1 Å². The molecule has 174 valence electrons. The van der Waals surface area contributed by atoms with Gasteiger partial charge in [0.15, 0.2) is 6.10 Å². The fourth-order valence-electron chi connectivity index (χ4n) is 3.54. The molecular weight excluding hydrogens is 448 g/mol. The van der Waals surface area contributed by atoms with Gasteiger partial charge in [0.25, 0.3) is 5.91 Å². The van der Waals surface area contributed by atoms with Crippen molar-refractivity contribution in [1.82, 2.24) is 4.90 Å². The average Bonchev–Trinajstić information content (AvgIpc) is 2.82. The highest BCUT2D eigenvalue weighted by Gasteiger charge is 2.41. The van der Waals surface area contributed by atoms with E-state index in [1.165, 1.54) is 6.92 Å². The zero-order chi connectivity index (χ0) is 22.7. The number of hydrogen-bond donors (Lipinski definition) is 0. The summed E-state index contributed by atoms with van der Waals surface area (Å²) in [7, 11) is 5.56. The highest BCUT2D eigenvalue weighted by molar-refractivity contribution is 7.99. The van der Waals surface area contributed by atoms with Crippen molar-refractivity contribution in [1.29, 1.82) is 0 Å². The SMILES string of the molecule is COc1ccc([C@@H]2Sc3cc(C)c(C)cc3N(CCN(C)C)C(=O)[C@@H]2OC(C)=O)cc1.Cl. The molecule has 0 saturated heterocycles. The van der Waals surface area contributed by atoms with Crippen LogP contribution >= 0.6 is 24.2 Å². The van der Waals surface area contributed by atoms with Crippen LogP contribution < -0.4 is 9.64 Å². The lowest BCUT2D eigenvalue weighted by atomic mass is 10.0. The van der Waals surface area contributed by atoms with Gasteiger partial charge in [-0.3, -0.25) is 9.59 Å². The number of thioether (sulfide) groups is 1. The van der Waals surface area contributed by atoms with Crippen molar-refractivity contribution in [3.8, 4) is 5.75 Å². The summed E-state index contributed by atoms with van der Waals surface area (Å²) < 4.78 is 10.9. The van der Waals surface area contributed by atoms with Gasteiger partial charge in [-0.1, -0.05) is 12.1 Å². The number of halogens is 1. The number of anilines is 1. The first-order chi connectivity index (χ1) is 14.7. The van der Waals surface area contributed by atoms with E-state index in [4.69, 9.17) is 9.47 Å². The van der Waals surface area contributed by atoms with Crippen molar-refractivity contribution in [3.63, 3.8) is 0 Å². The number of esters is 1.